The van der Waals surface area contributed by atoms with E-state index in [9.17, 15) is 4.79 Å². The molecule has 0 radical (unpaired) electrons. The van der Waals surface area contributed by atoms with Crippen LogP contribution in [-0.4, -0.2) is 27.2 Å². The van der Waals surface area contributed by atoms with Gasteiger partial charge in [0.1, 0.15) is 0 Å². The predicted molar refractivity (Wildman–Crippen MR) is 95.0 cm³/mol. The molecule has 0 atom stereocenters. The molecule has 0 bridgehead atoms. The number of carbonyl (C=O) groups is 1. The zero-order valence-electron chi connectivity index (χ0n) is 14.1. The molecule has 1 amide bonds. The van der Waals surface area contributed by atoms with Gasteiger partial charge >= 0.3 is 0 Å². The van der Waals surface area contributed by atoms with Crippen molar-refractivity contribution in [3.05, 3.63) is 33.5 Å². The average Bonchev–Trinajstić information content (AvgIpc) is 3.05. The highest BCUT2D eigenvalue weighted by atomic mass is 32.1. The fraction of sp³-hybridized carbons (Fsp3) is 0.389. The van der Waals surface area contributed by atoms with Crippen LogP contribution in [-0.2, 0) is 12.8 Å². The van der Waals surface area contributed by atoms with Crippen LogP contribution in [0, 0.1) is 0 Å². The van der Waals surface area contributed by atoms with Gasteiger partial charge in [-0.3, -0.25) is 4.79 Å². The molecule has 1 aromatic heterocycles. The topological polar surface area (TPSA) is 56.8 Å². The number of fused-ring (bicyclic) bond motifs is 1. The van der Waals surface area contributed by atoms with Crippen molar-refractivity contribution in [1.29, 1.82) is 0 Å². The number of anilines is 1. The van der Waals surface area contributed by atoms with E-state index in [1.165, 1.54) is 23.3 Å². The number of amides is 1. The van der Waals surface area contributed by atoms with Gasteiger partial charge in [0.25, 0.3) is 5.91 Å². The molecular weight excluding hydrogens is 326 g/mol. The van der Waals surface area contributed by atoms with Gasteiger partial charge in [-0.15, -0.1) is 11.3 Å². The van der Waals surface area contributed by atoms with E-state index in [0.717, 1.165) is 17.7 Å². The van der Waals surface area contributed by atoms with Crippen LogP contribution in [0.5, 0.6) is 17.2 Å². The zero-order chi connectivity index (χ0) is 17.1. The van der Waals surface area contributed by atoms with Crippen LogP contribution in [0.3, 0.4) is 0 Å². The fourth-order valence-electron chi connectivity index (χ4n) is 2.95. The average molecular weight is 347 g/mol. The second kappa shape index (κ2) is 7.13. The lowest BCUT2D eigenvalue weighted by molar-refractivity contribution is 0.103. The predicted octanol–water partition coefficient (Wildman–Crippen LogP) is 3.91. The van der Waals surface area contributed by atoms with Gasteiger partial charge in [-0.05, 0) is 37.3 Å². The van der Waals surface area contributed by atoms with Crippen molar-refractivity contribution >= 4 is 22.9 Å². The van der Waals surface area contributed by atoms with Crippen molar-refractivity contribution in [2.45, 2.75) is 25.7 Å². The molecule has 128 valence electrons. The van der Waals surface area contributed by atoms with E-state index in [1.807, 2.05) is 6.07 Å². The monoisotopic (exact) mass is 347 g/mol. The van der Waals surface area contributed by atoms with E-state index >= 15 is 0 Å². The molecule has 0 spiro atoms. The van der Waals surface area contributed by atoms with Gasteiger partial charge in [-0.2, -0.15) is 0 Å². The standard InChI is InChI=1S/C18H21NO4S/c1-21-13-9-12(10-14(22-2)17(13)23-3)19-18(20)16-8-11-6-4-5-7-15(11)24-16/h8-10H,4-7H2,1-3H3,(H,19,20). The Kier molecular flexibility index (Phi) is 4.94. The first-order valence-corrected chi connectivity index (χ1v) is 8.71. The Morgan fingerprint density at radius 1 is 1.00 bits per heavy atom. The molecule has 24 heavy (non-hydrogen) atoms. The minimum absolute atomic E-state index is 0.108. The van der Waals surface area contributed by atoms with Gasteiger partial charge in [-0.1, -0.05) is 0 Å². The third-order valence-corrected chi connectivity index (χ3v) is 5.38. The summed E-state index contributed by atoms with van der Waals surface area (Å²) in [5, 5.41) is 2.92. The summed E-state index contributed by atoms with van der Waals surface area (Å²) in [5.41, 5.74) is 1.93. The molecular formula is C18H21NO4S. The Morgan fingerprint density at radius 3 is 2.25 bits per heavy atom. The molecule has 0 saturated carbocycles. The lowest BCUT2D eigenvalue weighted by Crippen LogP contribution is -2.10. The number of benzene rings is 1. The van der Waals surface area contributed by atoms with Crippen molar-refractivity contribution in [3.8, 4) is 17.2 Å². The zero-order valence-corrected chi connectivity index (χ0v) is 14.9. The van der Waals surface area contributed by atoms with Crippen molar-refractivity contribution in [2.75, 3.05) is 26.6 Å². The van der Waals surface area contributed by atoms with Crippen LogP contribution in [0.4, 0.5) is 5.69 Å². The Balaban J connectivity index is 1.85. The normalized spacial score (nSPS) is 13.1. The Labute approximate surface area is 145 Å². The number of thiophene rings is 1. The summed E-state index contributed by atoms with van der Waals surface area (Å²) >= 11 is 1.59. The Hall–Kier alpha value is -2.21. The quantitative estimate of drug-likeness (QED) is 0.891. The summed E-state index contributed by atoms with van der Waals surface area (Å²) < 4.78 is 15.9. The van der Waals surface area contributed by atoms with E-state index in [0.29, 0.717) is 22.9 Å². The molecule has 0 saturated heterocycles. The first-order chi connectivity index (χ1) is 11.7. The Bertz CT molecular complexity index is 705. The highest BCUT2D eigenvalue weighted by Gasteiger charge is 2.19. The number of hydrogen-bond acceptors (Lipinski definition) is 5. The van der Waals surface area contributed by atoms with Crippen molar-refractivity contribution in [1.82, 2.24) is 0 Å². The highest BCUT2D eigenvalue weighted by Crippen LogP contribution is 2.40. The van der Waals surface area contributed by atoms with E-state index in [1.54, 1.807) is 44.8 Å². The molecule has 1 aliphatic carbocycles. The molecule has 2 aromatic rings. The third kappa shape index (κ3) is 3.19. The van der Waals surface area contributed by atoms with Crippen LogP contribution in [0.2, 0.25) is 0 Å². The smallest absolute Gasteiger partial charge is 0.265 e. The first kappa shape index (κ1) is 16.6. The third-order valence-electron chi connectivity index (χ3n) is 4.14. The molecule has 1 heterocycles. The number of rotatable bonds is 5. The van der Waals surface area contributed by atoms with Gasteiger partial charge < -0.3 is 19.5 Å². The summed E-state index contributed by atoms with van der Waals surface area (Å²) in [7, 11) is 4.65. The minimum atomic E-state index is -0.108. The maximum absolute atomic E-state index is 12.6. The summed E-state index contributed by atoms with van der Waals surface area (Å²) in [4.78, 5) is 14.7. The first-order valence-electron chi connectivity index (χ1n) is 7.89. The summed E-state index contributed by atoms with van der Waals surface area (Å²) in [6, 6.07) is 5.48. The van der Waals surface area contributed by atoms with E-state index in [4.69, 9.17) is 14.2 Å². The lowest BCUT2D eigenvalue weighted by Gasteiger charge is -2.14. The number of ether oxygens (including phenoxy) is 3. The molecule has 1 aromatic carbocycles. The molecule has 0 aliphatic heterocycles. The van der Waals surface area contributed by atoms with Gasteiger partial charge in [0.15, 0.2) is 11.5 Å². The van der Waals surface area contributed by atoms with Gasteiger partial charge in [0.2, 0.25) is 5.75 Å². The number of carbonyl (C=O) groups excluding carboxylic acids is 1. The van der Waals surface area contributed by atoms with Crippen molar-refractivity contribution in [2.24, 2.45) is 0 Å². The maximum atomic E-state index is 12.6. The van der Waals surface area contributed by atoms with Crippen LogP contribution in [0.25, 0.3) is 0 Å². The summed E-state index contributed by atoms with van der Waals surface area (Å²) in [6.07, 6.45) is 4.57. The van der Waals surface area contributed by atoms with Crippen LogP contribution in [0.1, 0.15) is 33.0 Å². The molecule has 6 heteroatoms. The lowest BCUT2D eigenvalue weighted by atomic mass is 9.99. The molecule has 1 N–H and O–H groups in total. The number of hydrogen-bond donors (Lipinski definition) is 1. The van der Waals surface area contributed by atoms with E-state index < -0.39 is 0 Å². The highest BCUT2D eigenvalue weighted by molar-refractivity contribution is 7.14. The SMILES string of the molecule is COc1cc(NC(=O)c2cc3c(s2)CCCC3)cc(OC)c1OC. The van der Waals surface area contributed by atoms with Crippen LogP contribution in [0.15, 0.2) is 18.2 Å². The second-order valence-electron chi connectivity index (χ2n) is 5.63. The van der Waals surface area contributed by atoms with Crippen molar-refractivity contribution < 1.29 is 19.0 Å². The van der Waals surface area contributed by atoms with Gasteiger partial charge in [0, 0.05) is 22.7 Å². The maximum Gasteiger partial charge on any atom is 0.265 e. The van der Waals surface area contributed by atoms with E-state index in [2.05, 4.69) is 5.32 Å². The molecule has 0 fully saturated rings. The summed E-state index contributed by atoms with van der Waals surface area (Å²) in [6.45, 7) is 0. The molecule has 3 rings (SSSR count). The van der Waals surface area contributed by atoms with Crippen LogP contribution >= 0.6 is 11.3 Å². The van der Waals surface area contributed by atoms with E-state index in [-0.39, 0.29) is 5.91 Å². The second-order valence-corrected chi connectivity index (χ2v) is 6.77. The summed E-state index contributed by atoms with van der Waals surface area (Å²) in [5.74, 6) is 1.42. The number of methoxy groups -OCH3 is 3. The fourth-order valence-corrected chi connectivity index (χ4v) is 4.10. The van der Waals surface area contributed by atoms with Gasteiger partial charge in [-0.25, -0.2) is 0 Å². The number of aryl methyl sites for hydroxylation is 2. The van der Waals surface area contributed by atoms with Gasteiger partial charge in [0.05, 0.1) is 26.2 Å². The Morgan fingerprint density at radius 2 is 1.67 bits per heavy atom. The molecule has 0 unspecified atom stereocenters. The number of nitrogens with one attached hydrogen (secondary N) is 1. The van der Waals surface area contributed by atoms with Crippen LogP contribution < -0.4 is 19.5 Å². The minimum Gasteiger partial charge on any atom is -0.493 e. The largest absolute Gasteiger partial charge is 0.493 e. The van der Waals surface area contributed by atoms with Crippen molar-refractivity contribution in [3.63, 3.8) is 0 Å². The molecule has 5 nitrogen and oxygen atoms in total. The molecule has 1 aliphatic rings.